The number of amides is 1. The van der Waals surface area contributed by atoms with Crippen molar-refractivity contribution >= 4 is 17.6 Å². The van der Waals surface area contributed by atoms with Crippen LogP contribution < -0.4 is 11.1 Å². The molecule has 0 radical (unpaired) electrons. The molecule has 0 fully saturated rings. The number of nitrogens with zero attached hydrogens (tertiary/aromatic N) is 2. The molecule has 1 amide bonds. The van der Waals surface area contributed by atoms with Crippen molar-refractivity contribution < 1.29 is 23.1 Å². The van der Waals surface area contributed by atoms with E-state index in [1.165, 1.54) is 24.3 Å². The number of esters is 1. The van der Waals surface area contributed by atoms with Crippen molar-refractivity contribution in [2.45, 2.75) is 46.1 Å². The molecular formula is C24H26FN3O5. The zero-order chi connectivity index (χ0) is 24.1. The van der Waals surface area contributed by atoms with Crippen molar-refractivity contribution in [1.29, 1.82) is 0 Å². The molecule has 3 aromatic rings. The summed E-state index contributed by atoms with van der Waals surface area (Å²) < 4.78 is 23.9. The lowest BCUT2D eigenvalue weighted by Gasteiger charge is -2.20. The van der Waals surface area contributed by atoms with Crippen LogP contribution in [0.2, 0.25) is 0 Å². The number of anilines is 1. The SMILES string of the molecule is CC(C)c1cccc(C(C)C)c1NC(=O)COC(=O)Cn1nc(-c2ccc(F)cc2)oc1=O. The van der Waals surface area contributed by atoms with Gasteiger partial charge in [0, 0.05) is 11.3 Å². The Bertz CT molecular complexity index is 1170. The lowest BCUT2D eigenvalue weighted by molar-refractivity contribution is -0.148. The highest BCUT2D eigenvalue weighted by Gasteiger charge is 2.18. The highest BCUT2D eigenvalue weighted by Crippen LogP contribution is 2.32. The number of ether oxygens (including phenoxy) is 1. The molecule has 0 atom stereocenters. The van der Waals surface area contributed by atoms with Gasteiger partial charge in [0.1, 0.15) is 12.4 Å². The molecule has 0 aliphatic rings. The number of benzene rings is 2. The van der Waals surface area contributed by atoms with Crippen LogP contribution in [0.15, 0.2) is 51.7 Å². The molecule has 9 heteroatoms. The molecule has 3 rings (SSSR count). The average Bonchev–Trinajstić information content (AvgIpc) is 3.12. The van der Waals surface area contributed by atoms with Gasteiger partial charge in [-0.15, -0.1) is 5.10 Å². The van der Waals surface area contributed by atoms with Gasteiger partial charge < -0.3 is 14.5 Å². The number of carbonyl (C=O) groups excluding carboxylic acids is 2. The van der Waals surface area contributed by atoms with Crippen molar-refractivity contribution in [2.24, 2.45) is 0 Å². The van der Waals surface area contributed by atoms with Crippen LogP contribution in [-0.2, 0) is 20.9 Å². The first-order valence-electron chi connectivity index (χ1n) is 10.6. The Kier molecular flexibility index (Phi) is 7.42. The molecule has 174 valence electrons. The second-order valence-electron chi connectivity index (χ2n) is 8.17. The lowest BCUT2D eigenvalue weighted by Crippen LogP contribution is -2.27. The van der Waals surface area contributed by atoms with Crippen molar-refractivity contribution in [3.63, 3.8) is 0 Å². The predicted octanol–water partition coefficient (Wildman–Crippen LogP) is 4.07. The summed E-state index contributed by atoms with van der Waals surface area (Å²) in [6.45, 7) is 7.09. The zero-order valence-corrected chi connectivity index (χ0v) is 18.9. The summed E-state index contributed by atoms with van der Waals surface area (Å²) in [5.74, 6) is -2.31. The Morgan fingerprint density at radius 1 is 1.06 bits per heavy atom. The van der Waals surface area contributed by atoms with E-state index < -0.39 is 36.6 Å². The van der Waals surface area contributed by atoms with Gasteiger partial charge in [0.2, 0.25) is 5.89 Å². The van der Waals surface area contributed by atoms with Crippen LogP contribution in [0.25, 0.3) is 11.5 Å². The Labute approximate surface area is 190 Å². The van der Waals surface area contributed by atoms with E-state index in [9.17, 15) is 18.8 Å². The van der Waals surface area contributed by atoms with Crippen molar-refractivity contribution in [1.82, 2.24) is 9.78 Å². The first kappa shape index (κ1) is 23.9. The molecule has 33 heavy (non-hydrogen) atoms. The number of nitrogens with one attached hydrogen (secondary N) is 1. The van der Waals surface area contributed by atoms with Crippen molar-refractivity contribution in [2.75, 3.05) is 11.9 Å². The lowest BCUT2D eigenvalue weighted by atomic mass is 9.92. The Morgan fingerprint density at radius 3 is 2.24 bits per heavy atom. The number of aromatic nitrogens is 2. The van der Waals surface area contributed by atoms with Gasteiger partial charge in [-0.05, 0) is 47.2 Å². The fourth-order valence-corrected chi connectivity index (χ4v) is 3.30. The van der Waals surface area contributed by atoms with E-state index in [1.807, 2.05) is 45.9 Å². The molecule has 0 bridgehead atoms. The van der Waals surface area contributed by atoms with Gasteiger partial charge in [-0.2, -0.15) is 4.68 Å². The minimum absolute atomic E-state index is 0.0583. The standard InChI is InChI=1S/C24H26FN3O5/c1-14(2)18-6-5-7-19(15(3)4)22(18)26-20(29)13-32-21(30)12-28-24(31)33-23(27-28)16-8-10-17(25)11-9-16/h5-11,14-15H,12-13H2,1-4H3,(H,26,29). The number of para-hydroxylation sites is 1. The maximum absolute atomic E-state index is 13.1. The third kappa shape index (κ3) is 5.94. The first-order valence-corrected chi connectivity index (χ1v) is 10.6. The quantitative estimate of drug-likeness (QED) is 0.514. The van der Waals surface area contributed by atoms with Gasteiger partial charge in [0.15, 0.2) is 6.61 Å². The molecule has 1 N–H and O–H groups in total. The Hall–Kier alpha value is -3.75. The maximum atomic E-state index is 13.1. The zero-order valence-electron chi connectivity index (χ0n) is 18.9. The summed E-state index contributed by atoms with van der Waals surface area (Å²) in [6, 6.07) is 11.0. The smallest absolute Gasteiger partial charge is 0.437 e. The normalized spacial score (nSPS) is 11.1. The van der Waals surface area contributed by atoms with E-state index in [2.05, 4.69) is 10.4 Å². The molecular weight excluding hydrogens is 429 g/mol. The number of hydrogen-bond donors (Lipinski definition) is 1. The van der Waals surface area contributed by atoms with Gasteiger partial charge in [0.25, 0.3) is 5.91 Å². The fourth-order valence-electron chi connectivity index (χ4n) is 3.30. The number of rotatable bonds is 8. The summed E-state index contributed by atoms with van der Waals surface area (Å²) in [7, 11) is 0. The topological polar surface area (TPSA) is 103 Å². The van der Waals surface area contributed by atoms with Crippen LogP contribution in [-0.4, -0.2) is 28.3 Å². The van der Waals surface area contributed by atoms with Crippen LogP contribution in [0.3, 0.4) is 0 Å². The van der Waals surface area contributed by atoms with Crippen molar-refractivity contribution in [3.8, 4) is 11.5 Å². The van der Waals surface area contributed by atoms with Gasteiger partial charge in [-0.1, -0.05) is 45.9 Å². The average molecular weight is 455 g/mol. The number of carbonyl (C=O) groups is 2. The van der Waals surface area contributed by atoms with E-state index >= 15 is 0 Å². The van der Waals surface area contributed by atoms with Crippen LogP contribution in [0, 0.1) is 5.82 Å². The molecule has 8 nitrogen and oxygen atoms in total. The van der Waals surface area contributed by atoms with Gasteiger partial charge >= 0.3 is 11.7 Å². The van der Waals surface area contributed by atoms with E-state index in [-0.39, 0.29) is 17.7 Å². The molecule has 0 aliphatic heterocycles. The monoisotopic (exact) mass is 455 g/mol. The third-order valence-electron chi connectivity index (χ3n) is 4.98. The second kappa shape index (κ2) is 10.2. The molecule has 1 heterocycles. The van der Waals surface area contributed by atoms with Crippen molar-refractivity contribution in [3.05, 3.63) is 70.0 Å². The second-order valence-corrected chi connectivity index (χ2v) is 8.17. The van der Waals surface area contributed by atoms with Crippen LogP contribution in [0.5, 0.6) is 0 Å². The highest BCUT2D eigenvalue weighted by molar-refractivity contribution is 5.94. The predicted molar refractivity (Wildman–Crippen MR) is 120 cm³/mol. The summed E-state index contributed by atoms with van der Waals surface area (Å²) in [5, 5.41) is 6.77. The van der Waals surface area contributed by atoms with E-state index in [4.69, 9.17) is 9.15 Å². The fraction of sp³-hybridized carbons (Fsp3) is 0.333. The highest BCUT2D eigenvalue weighted by atomic mass is 19.1. The summed E-state index contributed by atoms with van der Waals surface area (Å²) in [6.07, 6.45) is 0. The van der Waals surface area contributed by atoms with E-state index in [0.717, 1.165) is 21.5 Å². The summed E-state index contributed by atoms with van der Waals surface area (Å²) in [5.41, 5.74) is 3.08. The molecule has 1 aromatic heterocycles. The van der Waals surface area contributed by atoms with E-state index in [1.54, 1.807) is 0 Å². The maximum Gasteiger partial charge on any atom is 0.437 e. The minimum Gasteiger partial charge on any atom is -0.454 e. The van der Waals surface area contributed by atoms with Gasteiger partial charge in [-0.3, -0.25) is 9.59 Å². The largest absolute Gasteiger partial charge is 0.454 e. The number of halogens is 1. The molecule has 0 aliphatic carbocycles. The Morgan fingerprint density at radius 2 is 1.67 bits per heavy atom. The van der Waals surface area contributed by atoms with E-state index in [0.29, 0.717) is 5.56 Å². The molecule has 2 aromatic carbocycles. The third-order valence-corrected chi connectivity index (χ3v) is 4.98. The molecule has 0 saturated heterocycles. The summed E-state index contributed by atoms with van der Waals surface area (Å²) in [4.78, 5) is 36.6. The van der Waals surface area contributed by atoms with Crippen LogP contribution in [0.4, 0.5) is 10.1 Å². The molecule has 0 spiro atoms. The molecule has 0 saturated carbocycles. The summed E-state index contributed by atoms with van der Waals surface area (Å²) >= 11 is 0. The van der Waals surface area contributed by atoms with Crippen LogP contribution in [0.1, 0.15) is 50.7 Å². The van der Waals surface area contributed by atoms with Crippen LogP contribution >= 0.6 is 0 Å². The first-order chi connectivity index (χ1) is 15.7. The minimum atomic E-state index is -0.872. The number of hydrogen-bond acceptors (Lipinski definition) is 6. The van der Waals surface area contributed by atoms with Gasteiger partial charge in [0.05, 0.1) is 0 Å². The van der Waals surface area contributed by atoms with Gasteiger partial charge in [-0.25, -0.2) is 9.18 Å². The Balaban J connectivity index is 1.63. The molecule has 0 unspecified atom stereocenters.